The van der Waals surface area contributed by atoms with Crippen LogP contribution in [-0.2, 0) is 21.0 Å². The third kappa shape index (κ3) is 15.5. The molecule has 52 heavy (non-hydrogen) atoms. The van der Waals surface area contributed by atoms with Crippen molar-refractivity contribution in [1.82, 2.24) is 0 Å². The van der Waals surface area contributed by atoms with Crippen molar-refractivity contribution in [2.75, 3.05) is 27.9 Å². The SMILES string of the molecule is CS(=O)(=O)Nc1ccc([N+](=O)[O-])cc1Cl.Nc1ccc([N+](=O)[O-])c(C(F)(F)F)c1.O=C(CCl)Nc1ccc([N+](=O)[O-])cc1Cl.O=C(O)c1ccco1. The van der Waals surface area contributed by atoms with Gasteiger partial charge in [0.2, 0.25) is 21.7 Å². The molecule has 25 heteroatoms. The number of hydrogen-bond acceptors (Lipinski definition) is 12. The van der Waals surface area contributed by atoms with Gasteiger partial charge in [0.15, 0.2) is 0 Å². The van der Waals surface area contributed by atoms with Crippen LogP contribution in [-0.4, -0.2) is 52.3 Å². The van der Waals surface area contributed by atoms with Gasteiger partial charge >= 0.3 is 12.1 Å². The Morgan fingerprint density at radius 3 is 1.75 bits per heavy atom. The Bertz CT molecular complexity index is 2040. The number of rotatable bonds is 8. The van der Waals surface area contributed by atoms with Gasteiger partial charge in [-0.3, -0.25) is 39.9 Å². The zero-order chi connectivity index (χ0) is 40.0. The summed E-state index contributed by atoms with van der Waals surface area (Å²) in [6.07, 6.45) is -2.48. The minimum Gasteiger partial charge on any atom is -0.475 e. The molecule has 0 fully saturated rings. The van der Waals surface area contributed by atoms with E-state index in [1.54, 1.807) is 0 Å². The van der Waals surface area contributed by atoms with Crippen molar-refractivity contribution in [3.05, 3.63) is 125 Å². The number of carbonyl (C=O) groups is 2. The van der Waals surface area contributed by atoms with Gasteiger partial charge in [-0.2, -0.15) is 13.2 Å². The second-order valence-corrected chi connectivity index (χ2v) is 12.0. The molecule has 18 nitrogen and oxygen atoms in total. The fourth-order valence-electron chi connectivity index (χ4n) is 3.14. The van der Waals surface area contributed by atoms with Crippen LogP contribution in [0.2, 0.25) is 10.0 Å². The van der Waals surface area contributed by atoms with E-state index < -0.39 is 54.1 Å². The highest BCUT2D eigenvalue weighted by Gasteiger charge is 2.38. The Morgan fingerprint density at radius 2 is 1.40 bits per heavy atom. The van der Waals surface area contributed by atoms with Crippen LogP contribution in [0.5, 0.6) is 0 Å². The average molecular weight is 818 g/mol. The number of nitrogens with one attached hydrogen (secondary N) is 2. The van der Waals surface area contributed by atoms with Crippen LogP contribution in [0.3, 0.4) is 0 Å². The van der Waals surface area contributed by atoms with Gasteiger partial charge in [-0.25, -0.2) is 13.2 Å². The number of halogens is 6. The Kier molecular flexibility index (Phi) is 16.7. The zero-order valence-electron chi connectivity index (χ0n) is 25.7. The maximum absolute atomic E-state index is 12.2. The first-order valence-electron chi connectivity index (χ1n) is 13.1. The minimum absolute atomic E-state index is 0.0189. The molecule has 5 N–H and O–H groups in total. The Morgan fingerprint density at radius 1 is 0.885 bits per heavy atom. The summed E-state index contributed by atoms with van der Waals surface area (Å²) in [5.41, 5.74) is 2.70. The van der Waals surface area contributed by atoms with Crippen LogP contribution >= 0.6 is 34.8 Å². The minimum atomic E-state index is -4.77. The first-order valence-corrected chi connectivity index (χ1v) is 16.2. The number of nitro benzene ring substituents is 3. The average Bonchev–Trinajstić information content (AvgIpc) is 3.58. The van der Waals surface area contributed by atoms with E-state index in [1.165, 1.54) is 42.7 Å². The van der Waals surface area contributed by atoms with Crippen molar-refractivity contribution in [3.8, 4) is 0 Å². The van der Waals surface area contributed by atoms with Crippen molar-refractivity contribution < 1.29 is 55.5 Å². The van der Waals surface area contributed by atoms with Crippen molar-refractivity contribution in [3.63, 3.8) is 0 Å². The third-order valence-corrected chi connectivity index (χ3v) is 6.73. The van der Waals surface area contributed by atoms with E-state index in [2.05, 4.69) is 14.5 Å². The van der Waals surface area contributed by atoms with E-state index in [0.29, 0.717) is 11.8 Å². The first kappa shape index (κ1) is 44.3. The summed E-state index contributed by atoms with van der Waals surface area (Å²) >= 11 is 16.6. The summed E-state index contributed by atoms with van der Waals surface area (Å²) in [5, 5.41) is 41.6. The molecule has 4 rings (SSSR count). The monoisotopic (exact) mass is 816 g/mol. The number of nitrogens with zero attached hydrogens (tertiary/aromatic N) is 3. The molecule has 0 aliphatic heterocycles. The van der Waals surface area contributed by atoms with Gasteiger partial charge in [-0.05, 0) is 36.4 Å². The number of carbonyl (C=O) groups excluding carboxylic acids is 1. The molecule has 4 aromatic rings. The molecule has 0 saturated carbocycles. The zero-order valence-corrected chi connectivity index (χ0v) is 28.8. The van der Waals surface area contributed by atoms with E-state index in [9.17, 15) is 61.5 Å². The Balaban J connectivity index is 0.000000354. The lowest BCUT2D eigenvalue weighted by molar-refractivity contribution is -0.388. The van der Waals surface area contributed by atoms with Gasteiger partial charge in [0, 0.05) is 36.0 Å². The number of carboxylic acid groups (broad SMARTS) is 1. The number of hydrogen-bond donors (Lipinski definition) is 4. The number of nitro groups is 3. The fraction of sp³-hybridized carbons (Fsp3) is 0.111. The standard InChI is InChI=1S/C8H6Cl2N2O3.C7H7ClN2O4S.C7H5F3N2O2.C5H4O3/c9-4-8(13)11-7-2-1-5(12(14)15)3-6(7)10;1-15(13,14)9-7-3-2-5(10(11)12)4-6(7)8;8-7(9,10)5-3-4(11)1-2-6(5)12(13)14;6-5(7)4-2-1-3-8-4/h1-3H,4H2,(H,11,13);2-4,9H,1H3;1-3H,11H2;1-3H,(H,6,7). The fourth-order valence-corrected chi connectivity index (χ4v) is 4.29. The van der Waals surface area contributed by atoms with Crippen molar-refractivity contribution in [2.24, 2.45) is 0 Å². The lowest BCUT2D eigenvalue weighted by atomic mass is 10.1. The van der Waals surface area contributed by atoms with E-state index >= 15 is 0 Å². The second-order valence-electron chi connectivity index (χ2n) is 9.21. The van der Waals surface area contributed by atoms with Crippen LogP contribution in [0.4, 0.5) is 47.3 Å². The highest BCUT2D eigenvalue weighted by Crippen LogP contribution is 2.37. The Labute approximate surface area is 304 Å². The topological polar surface area (TPSA) is 281 Å². The molecule has 1 amide bonds. The lowest BCUT2D eigenvalue weighted by Crippen LogP contribution is -2.12. The van der Waals surface area contributed by atoms with Gasteiger partial charge < -0.3 is 20.6 Å². The van der Waals surface area contributed by atoms with E-state index in [0.717, 1.165) is 30.5 Å². The van der Waals surface area contributed by atoms with Gasteiger partial charge in [-0.15, -0.1) is 11.6 Å². The van der Waals surface area contributed by atoms with Crippen molar-refractivity contribution >= 4 is 90.8 Å². The summed E-state index contributed by atoms with van der Waals surface area (Å²) in [7, 11) is -3.44. The molecule has 0 aliphatic rings. The van der Waals surface area contributed by atoms with Crippen LogP contribution < -0.4 is 15.8 Å². The van der Waals surface area contributed by atoms with Gasteiger partial charge in [0.25, 0.3) is 17.1 Å². The highest BCUT2D eigenvalue weighted by molar-refractivity contribution is 7.92. The van der Waals surface area contributed by atoms with Crippen LogP contribution in [0, 0.1) is 30.3 Å². The number of alkyl halides is 4. The number of nitrogens with two attached hydrogens (primary N) is 1. The maximum Gasteiger partial charge on any atom is 0.423 e. The molecule has 0 atom stereocenters. The van der Waals surface area contributed by atoms with Crippen LogP contribution in [0.25, 0.3) is 0 Å². The molecule has 0 radical (unpaired) electrons. The van der Waals surface area contributed by atoms with E-state index in [1.807, 2.05) is 0 Å². The number of carboxylic acids is 1. The highest BCUT2D eigenvalue weighted by atomic mass is 35.5. The lowest BCUT2D eigenvalue weighted by Gasteiger charge is -2.07. The smallest absolute Gasteiger partial charge is 0.423 e. The third-order valence-electron chi connectivity index (χ3n) is 5.27. The number of anilines is 3. The number of furan rings is 1. The molecular weight excluding hydrogens is 796 g/mol. The number of nitrogen functional groups attached to an aromatic ring is 1. The van der Waals surface area contributed by atoms with Gasteiger partial charge in [0.1, 0.15) is 11.4 Å². The molecule has 3 aromatic carbocycles. The van der Waals surface area contributed by atoms with E-state index in [4.69, 9.17) is 45.6 Å². The Hall–Kier alpha value is -5.71. The summed E-state index contributed by atoms with van der Waals surface area (Å²) in [6, 6.07) is 12.5. The molecule has 280 valence electrons. The normalized spacial score (nSPS) is 10.4. The summed E-state index contributed by atoms with van der Waals surface area (Å²) < 4.78 is 65.1. The van der Waals surface area contributed by atoms with Crippen LogP contribution in [0.15, 0.2) is 77.4 Å². The summed E-state index contributed by atoms with van der Waals surface area (Å²) in [4.78, 5) is 49.6. The summed E-state index contributed by atoms with van der Waals surface area (Å²) in [5.74, 6) is -1.68. The van der Waals surface area contributed by atoms with Crippen molar-refractivity contribution in [1.29, 1.82) is 0 Å². The number of non-ortho nitro benzene ring substituents is 2. The molecule has 1 heterocycles. The van der Waals surface area contributed by atoms with Gasteiger partial charge in [0.05, 0.1) is 48.7 Å². The maximum atomic E-state index is 12.2. The van der Waals surface area contributed by atoms with Gasteiger partial charge in [-0.1, -0.05) is 23.2 Å². The predicted octanol–water partition coefficient (Wildman–Crippen LogP) is 7.22. The molecule has 1 aromatic heterocycles. The van der Waals surface area contributed by atoms with E-state index in [-0.39, 0.29) is 44.4 Å². The second kappa shape index (κ2) is 19.6. The predicted molar refractivity (Wildman–Crippen MR) is 182 cm³/mol. The molecule has 0 aliphatic carbocycles. The molecular formula is C27H22Cl3F3N6O12S. The molecule has 0 saturated heterocycles. The number of sulfonamides is 1. The first-order chi connectivity index (χ1) is 24.0. The number of benzene rings is 3. The molecule has 0 unspecified atom stereocenters. The number of amides is 1. The largest absolute Gasteiger partial charge is 0.475 e. The molecule has 0 spiro atoms. The van der Waals surface area contributed by atoms with Crippen molar-refractivity contribution in [2.45, 2.75) is 6.18 Å². The molecule has 0 bridgehead atoms. The number of aromatic carboxylic acids is 1. The van der Waals surface area contributed by atoms with Crippen LogP contribution in [0.1, 0.15) is 16.1 Å². The summed E-state index contributed by atoms with van der Waals surface area (Å²) in [6.45, 7) is 0. The quantitative estimate of drug-likeness (QED) is 0.0592.